The fourth-order valence-electron chi connectivity index (χ4n) is 1.20. The van der Waals surface area contributed by atoms with Crippen molar-refractivity contribution >= 4 is 18.0 Å². The van der Waals surface area contributed by atoms with E-state index < -0.39 is 11.7 Å². The molecule has 1 aromatic carbocycles. The van der Waals surface area contributed by atoms with E-state index >= 15 is 0 Å². The number of nitrogens with one attached hydrogen (secondary N) is 2. The zero-order valence-electron chi connectivity index (χ0n) is 10.1. The Morgan fingerprint density at radius 1 is 1.47 bits per heavy atom. The third-order valence-corrected chi connectivity index (χ3v) is 1.83. The maximum atomic E-state index is 11.5. The van der Waals surface area contributed by atoms with Gasteiger partial charge in [0.15, 0.2) is 0 Å². The quantitative estimate of drug-likeness (QED) is 0.545. The first-order valence-corrected chi connectivity index (χ1v) is 5.15. The van der Waals surface area contributed by atoms with Crippen LogP contribution in [-0.2, 0) is 4.74 Å². The normalized spacial score (nSPS) is 10.8. The number of amides is 1. The molecule has 0 radical (unpaired) electrons. The molecule has 0 heterocycles. The van der Waals surface area contributed by atoms with Crippen LogP contribution in [0.3, 0.4) is 0 Å². The number of phenols is 1. The highest BCUT2D eigenvalue weighted by molar-refractivity contribution is 5.94. The smallest absolute Gasteiger partial charge is 0.412 e. The van der Waals surface area contributed by atoms with Crippen LogP contribution in [0.15, 0.2) is 18.2 Å². The number of carbonyl (C=O) groups excluding carboxylic acids is 1. The molecule has 0 saturated carbocycles. The number of phenolic OH excluding ortho intramolecular Hbond substituents is 1. The molecule has 0 unspecified atom stereocenters. The zero-order valence-corrected chi connectivity index (χ0v) is 10.1. The first-order valence-electron chi connectivity index (χ1n) is 5.15. The lowest BCUT2D eigenvalue weighted by Gasteiger charge is -2.20. The van der Waals surface area contributed by atoms with Crippen molar-refractivity contribution in [2.24, 2.45) is 0 Å². The van der Waals surface area contributed by atoms with E-state index in [-0.39, 0.29) is 5.75 Å². The molecule has 5 nitrogen and oxygen atoms in total. The van der Waals surface area contributed by atoms with E-state index in [0.717, 1.165) is 6.21 Å². The van der Waals surface area contributed by atoms with Crippen LogP contribution in [0.25, 0.3) is 0 Å². The number of carbonyl (C=O) groups is 1. The van der Waals surface area contributed by atoms with E-state index in [2.05, 4.69) is 5.32 Å². The average molecular weight is 236 g/mol. The summed E-state index contributed by atoms with van der Waals surface area (Å²) in [7, 11) is 0. The third kappa shape index (κ3) is 4.14. The molecular weight excluding hydrogens is 220 g/mol. The molecule has 0 fully saturated rings. The summed E-state index contributed by atoms with van der Waals surface area (Å²) in [5.41, 5.74) is 0.258. The number of benzene rings is 1. The molecule has 1 aromatic rings. The van der Waals surface area contributed by atoms with Crippen LogP contribution in [0.1, 0.15) is 26.3 Å². The standard InChI is InChI=1S/C12H16N2O3/c1-12(2,3)17-11(16)14-10-5-4-9(15)6-8(10)7-13/h4-7,13,15H,1-3H3,(H,14,16). The Morgan fingerprint density at radius 2 is 2.12 bits per heavy atom. The molecule has 0 bridgehead atoms. The first kappa shape index (κ1) is 13.0. The summed E-state index contributed by atoms with van der Waals surface area (Å²) >= 11 is 0. The molecule has 5 heteroatoms. The summed E-state index contributed by atoms with van der Waals surface area (Å²) in [6.07, 6.45) is 0.457. The molecule has 0 atom stereocenters. The van der Waals surface area contributed by atoms with E-state index in [1.807, 2.05) is 0 Å². The molecule has 92 valence electrons. The van der Waals surface area contributed by atoms with E-state index in [1.165, 1.54) is 18.2 Å². The van der Waals surface area contributed by atoms with Crippen molar-refractivity contribution in [3.8, 4) is 5.75 Å². The van der Waals surface area contributed by atoms with Gasteiger partial charge in [-0.05, 0) is 39.0 Å². The minimum absolute atomic E-state index is 0.0400. The second-order valence-electron chi connectivity index (χ2n) is 4.54. The van der Waals surface area contributed by atoms with Crippen LogP contribution < -0.4 is 5.32 Å². The van der Waals surface area contributed by atoms with E-state index in [9.17, 15) is 9.90 Å². The molecular formula is C12H16N2O3. The van der Waals surface area contributed by atoms with Crippen molar-refractivity contribution in [3.05, 3.63) is 23.8 Å². The van der Waals surface area contributed by atoms with E-state index in [0.29, 0.717) is 11.3 Å². The molecule has 1 amide bonds. The largest absolute Gasteiger partial charge is 0.508 e. The van der Waals surface area contributed by atoms with Gasteiger partial charge in [0, 0.05) is 11.8 Å². The molecule has 0 aromatic heterocycles. The van der Waals surface area contributed by atoms with Crippen molar-refractivity contribution in [3.63, 3.8) is 0 Å². The minimum atomic E-state index is -0.591. The van der Waals surface area contributed by atoms with Crippen LogP contribution >= 0.6 is 0 Å². The highest BCUT2D eigenvalue weighted by Crippen LogP contribution is 2.20. The summed E-state index contributed by atoms with van der Waals surface area (Å²) in [6.45, 7) is 5.29. The van der Waals surface area contributed by atoms with Crippen molar-refractivity contribution in [2.75, 3.05) is 5.32 Å². The summed E-state index contributed by atoms with van der Waals surface area (Å²) < 4.78 is 5.08. The molecule has 0 spiro atoms. The van der Waals surface area contributed by atoms with Crippen LogP contribution in [0.5, 0.6) is 5.75 Å². The van der Waals surface area contributed by atoms with Gasteiger partial charge in [0.25, 0.3) is 0 Å². The van der Waals surface area contributed by atoms with Gasteiger partial charge in [-0.3, -0.25) is 5.32 Å². The fraction of sp³-hybridized carbons (Fsp3) is 0.333. The number of anilines is 1. The van der Waals surface area contributed by atoms with Crippen molar-refractivity contribution in [1.29, 1.82) is 5.41 Å². The SMILES string of the molecule is CC(C)(C)OC(=O)Nc1ccc(O)cc1C=N. The Hall–Kier alpha value is -2.04. The molecule has 0 aliphatic carbocycles. The van der Waals surface area contributed by atoms with Gasteiger partial charge >= 0.3 is 6.09 Å². The number of rotatable bonds is 2. The second-order valence-corrected chi connectivity index (χ2v) is 4.54. The summed E-state index contributed by atoms with van der Waals surface area (Å²) in [6, 6.07) is 4.33. The van der Waals surface area contributed by atoms with Gasteiger partial charge in [0.05, 0.1) is 5.69 Å². The van der Waals surface area contributed by atoms with Gasteiger partial charge in [-0.2, -0.15) is 0 Å². The van der Waals surface area contributed by atoms with Gasteiger partial charge < -0.3 is 15.3 Å². The monoisotopic (exact) mass is 236 g/mol. The van der Waals surface area contributed by atoms with Crippen molar-refractivity contribution in [2.45, 2.75) is 26.4 Å². The Balaban J connectivity index is 2.81. The molecule has 0 aliphatic heterocycles. The molecule has 0 saturated heterocycles. The molecule has 3 N–H and O–H groups in total. The highest BCUT2D eigenvalue weighted by Gasteiger charge is 2.16. The maximum absolute atomic E-state index is 11.5. The van der Waals surface area contributed by atoms with E-state index in [1.54, 1.807) is 20.8 Å². The number of hydrogen-bond acceptors (Lipinski definition) is 4. The number of hydrogen-bond donors (Lipinski definition) is 3. The minimum Gasteiger partial charge on any atom is -0.508 e. The van der Waals surface area contributed by atoms with Crippen molar-refractivity contribution in [1.82, 2.24) is 0 Å². The van der Waals surface area contributed by atoms with Gasteiger partial charge in [0.2, 0.25) is 0 Å². The highest BCUT2D eigenvalue weighted by atomic mass is 16.6. The lowest BCUT2D eigenvalue weighted by molar-refractivity contribution is 0.0636. The van der Waals surface area contributed by atoms with Crippen molar-refractivity contribution < 1.29 is 14.6 Å². The van der Waals surface area contributed by atoms with Gasteiger partial charge in [-0.1, -0.05) is 0 Å². The summed E-state index contributed by atoms with van der Waals surface area (Å²) in [5.74, 6) is 0.0400. The summed E-state index contributed by atoms with van der Waals surface area (Å²) in [4.78, 5) is 11.5. The van der Waals surface area contributed by atoms with Crippen LogP contribution in [0.2, 0.25) is 0 Å². The lowest BCUT2D eigenvalue weighted by Crippen LogP contribution is -2.27. The zero-order chi connectivity index (χ0) is 13.1. The average Bonchev–Trinajstić information content (AvgIpc) is 2.17. The lowest BCUT2D eigenvalue weighted by atomic mass is 10.2. The second kappa shape index (κ2) is 4.86. The topological polar surface area (TPSA) is 82.4 Å². The molecule has 0 aliphatic rings. The Labute approximate surface area is 99.9 Å². The third-order valence-electron chi connectivity index (χ3n) is 1.83. The van der Waals surface area contributed by atoms with Crippen LogP contribution in [0.4, 0.5) is 10.5 Å². The maximum Gasteiger partial charge on any atom is 0.412 e. The molecule has 17 heavy (non-hydrogen) atoms. The predicted octanol–water partition coefficient (Wildman–Crippen LogP) is 2.74. The van der Waals surface area contributed by atoms with Crippen LogP contribution in [-0.4, -0.2) is 23.0 Å². The predicted molar refractivity (Wildman–Crippen MR) is 65.8 cm³/mol. The Bertz CT molecular complexity index is 436. The number of aromatic hydroxyl groups is 1. The Kier molecular flexibility index (Phi) is 3.73. The fourth-order valence-corrected chi connectivity index (χ4v) is 1.20. The molecule has 1 rings (SSSR count). The van der Waals surface area contributed by atoms with Gasteiger partial charge in [-0.25, -0.2) is 4.79 Å². The number of ether oxygens (including phenoxy) is 1. The Morgan fingerprint density at radius 3 is 2.65 bits per heavy atom. The van der Waals surface area contributed by atoms with E-state index in [4.69, 9.17) is 10.1 Å². The van der Waals surface area contributed by atoms with Gasteiger partial charge in [-0.15, -0.1) is 0 Å². The summed E-state index contributed by atoms with van der Waals surface area (Å²) in [5, 5.41) is 18.9. The van der Waals surface area contributed by atoms with Gasteiger partial charge in [0.1, 0.15) is 11.4 Å². The first-order chi connectivity index (χ1) is 7.81. The van der Waals surface area contributed by atoms with Crippen LogP contribution in [0, 0.1) is 5.41 Å².